The summed E-state index contributed by atoms with van der Waals surface area (Å²) >= 11 is 0. The molecule has 0 radical (unpaired) electrons. The Kier molecular flexibility index (Phi) is 4.85. The van der Waals surface area contributed by atoms with Crippen LogP contribution >= 0.6 is 0 Å². The zero-order chi connectivity index (χ0) is 17.3. The van der Waals surface area contributed by atoms with E-state index in [1.165, 1.54) is 0 Å². The molecule has 1 aromatic rings. The van der Waals surface area contributed by atoms with Crippen LogP contribution in [0.5, 0.6) is 5.75 Å². The van der Waals surface area contributed by atoms with Crippen LogP contribution in [0.4, 0.5) is 0 Å². The fourth-order valence-electron chi connectivity index (χ4n) is 4.08. The summed E-state index contributed by atoms with van der Waals surface area (Å²) in [5.74, 6) is 1.16. The Balaban J connectivity index is 1.42. The maximum atomic E-state index is 12.7. The summed E-state index contributed by atoms with van der Waals surface area (Å²) in [6.07, 6.45) is 3.83. The maximum absolute atomic E-state index is 12.7. The molecule has 1 N–H and O–H groups in total. The van der Waals surface area contributed by atoms with Gasteiger partial charge in [-0.3, -0.25) is 0 Å². The first kappa shape index (κ1) is 17.4. The summed E-state index contributed by atoms with van der Waals surface area (Å²) in [4.78, 5) is 2.71. The van der Waals surface area contributed by atoms with Crippen LogP contribution in [0.2, 0.25) is 0 Å². The van der Waals surface area contributed by atoms with Crippen molar-refractivity contribution >= 4 is 10.4 Å². The summed E-state index contributed by atoms with van der Waals surface area (Å²) in [7, 11) is -3.54. The van der Waals surface area contributed by atoms with Crippen LogP contribution < -0.4 is 9.46 Å². The number of benzene rings is 1. The zero-order valence-electron chi connectivity index (χ0n) is 14.4. The second-order valence-corrected chi connectivity index (χ2v) is 9.13. The van der Waals surface area contributed by atoms with Crippen molar-refractivity contribution in [1.82, 2.24) is 9.62 Å². The van der Waals surface area contributed by atoms with E-state index in [1.807, 2.05) is 6.07 Å². The molecule has 0 aliphatic carbocycles. The van der Waals surface area contributed by atoms with E-state index in [2.05, 4.69) is 9.62 Å². The number of para-hydroxylation sites is 1. The van der Waals surface area contributed by atoms with E-state index in [-0.39, 0.29) is 4.90 Å². The van der Waals surface area contributed by atoms with Crippen molar-refractivity contribution in [1.29, 1.82) is 0 Å². The van der Waals surface area contributed by atoms with Crippen molar-refractivity contribution in [2.24, 2.45) is 5.92 Å². The topological polar surface area (TPSA) is 73.9 Å². The highest BCUT2D eigenvalue weighted by Gasteiger charge is 2.45. The lowest BCUT2D eigenvalue weighted by Gasteiger charge is -2.41. The molecule has 4 rings (SSSR count). The van der Waals surface area contributed by atoms with E-state index in [4.69, 9.17) is 9.47 Å². The van der Waals surface area contributed by atoms with Crippen LogP contribution in [0.15, 0.2) is 29.2 Å². The van der Waals surface area contributed by atoms with Gasteiger partial charge in [0, 0.05) is 32.8 Å². The number of nitrogens with zero attached hydrogens (tertiary/aromatic N) is 1. The van der Waals surface area contributed by atoms with E-state index in [1.54, 1.807) is 18.2 Å². The van der Waals surface area contributed by atoms with Crippen LogP contribution in [0.25, 0.3) is 0 Å². The molecule has 25 heavy (non-hydrogen) atoms. The van der Waals surface area contributed by atoms with E-state index >= 15 is 0 Å². The molecule has 1 unspecified atom stereocenters. The van der Waals surface area contributed by atoms with Crippen molar-refractivity contribution in [2.75, 3.05) is 39.5 Å². The summed E-state index contributed by atoms with van der Waals surface area (Å²) in [5.41, 5.74) is -0.496. The second kappa shape index (κ2) is 6.96. The minimum Gasteiger partial charge on any atom is -0.593 e. The predicted octanol–water partition coefficient (Wildman–Crippen LogP) is 1.83. The Morgan fingerprint density at radius 2 is 1.96 bits per heavy atom. The molecule has 6 nitrogen and oxygen atoms in total. The van der Waals surface area contributed by atoms with Crippen LogP contribution in [0.1, 0.15) is 25.7 Å². The third kappa shape index (κ3) is 3.75. The molecule has 1 spiro atoms. The highest BCUT2D eigenvalue weighted by Crippen LogP contribution is 2.35. The van der Waals surface area contributed by atoms with Crippen LogP contribution in [0.3, 0.4) is 0 Å². The monoisotopic (exact) mass is 366 g/mol. The van der Waals surface area contributed by atoms with Crippen molar-refractivity contribution < 1.29 is 18.2 Å². The Bertz CT molecular complexity index is 654. The van der Waals surface area contributed by atoms with Gasteiger partial charge in [0.15, 0.2) is 16.1 Å². The number of sulfonamides is 1. The molecule has 2 fully saturated rings. The van der Waals surface area contributed by atoms with Gasteiger partial charge in [0.2, 0.25) is 4.90 Å². The Morgan fingerprint density at radius 1 is 1.24 bits per heavy atom. The fourth-order valence-corrected chi connectivity index (χ4v) is 5.67. The molecular formula is C18H26N2O4S. The van der Waals surface area contributed by atoms with Gasteiger partial charge in [-0.1, -0.05) is 16.3 Å². The van der Waals surface area contributed by atoms with Gasteiger partial charge in [-0.25, -0.2) is 0 Å². The first-order chi connectivity index (χ1) is 12.1. The standard InChI is InChI=1S/C18H26N2O4S/c21-25(22)17-4-2-1-3-16(17)24-14-18(19-25)7-9-20(10-8-18)13-15-5-11-23-12-6-15/h1-4,15H,5-14H2,(H-,19,21,22). The summed E-state index contributed by atoms with van der Waals surface area (Å²) in [6, 6.07) is 6.88. The van der Waals surface area contributed by atoms with Gasteiger partial charge in [0.05, 0.1) is 5.54 Å². The normalized spacial score (nSPS) is 30.4. The summed E-state index contributed by atoms with van der Waals surface area (Å²) < 4.78 is 39.8. The molecule has 0 aromatic heterocycles. The largest absolute Gasteiger partial charge is 0.593 e. The molecule has 1 aromatic carbocycles. The smallest absolute Gasteiger partial charge is 0.216 e. The summed E-state index contributed by atoms with van der Waals surface area (Å²) in [6.45, 7) is 5.03. The van der Waals surface area contributed by atoms with Crippen molar-refractivity contribution in [3.8, 4) is 5.75 Å². The highest BCUT2D eigenvalue weighted by atomic mass is 32.3. The molecule has 3 heterocycles. The number of hydrogen-bond acceptors (Lipinski definition) is 5. The quantitative estimate of drug-likeness (QED) is 0.809. The fraction of sp³-hybridized carbons (Fsp3) is 0.667. The molecule has 0 saturated carbocycles. The number of hydrogen-bond donors (Lipinski definition) is 1. The molecule has 2 saturated heterocycles. The van der Waals surface area contributed by atoms with Gasteiger partial charge in [0.25, 0.3) is 0 Å². The minimum absolute atomic E-state index is 0.247. The number of piperidine rings is 1. The first-order valence-corrected chi connectivity index (χ1v) is 10.6. The molecule has 1 atom stereocenters. The SMILES string of the molecule is O=[S+]1([O-])NC2(CCN(CC3CCOCC3)CC2)COc2ccccc21. The molecule has 3 aliphatic rings. The van der Waals surface area contributed by atoms with Gasteiger partial charge in [-0.05, 0) is 43.7 Å². The number of ether oxygens (including phenoxy) is 2. The van der Waals surface area contributed by atoms with Gasteiger partial charge < -0.3 is 18.9 Å². The van der Waals surface area contributed by atoms with E-state index in [0.717, 1.165) is 58.5 Å². The molecule has 7 heteroatoms. The lowest BCUT2D eigenvalue weighted by molar-refractivity contribution is 0.0397. The van der Waals surface area contributed by atoms with E-state index in [0.29, 0.717) is 18.3 Å². The van der Waals surface area contributed by atoms with Gasteiger partial charge in [-0.2, -0.15) is 0 Å². The number of rotatable bonds is 2. The Labute approximate surface area is 150 Å². The van der Waals surface area contributed by atoms with Gasteiger partial charge in [-0.15, -0.1) is 4.72 Å². The van der Waals surface area contributed by atoms with Gasteiger partial charge in [0.1, 0.15) is 6.61 Å². The number of nitrogens with one attached hydrogen (secondary N) is 1. The maximum Gasteiger partial charge on any atom is 0.216 e. The highest BCUT2D eigenvalue weighted by molar-refractivity contribution is 7.96. The molecule has 0 bridgehead atoms. The molecule has 138 valence electrons. The number of likely N-dealkylation sites (tertiary alicyclic amines) is 1. The lowest BCUT2D eigenvalue weighted by atomic mass is 9.88. The van der Waals surface area contributed by atoms with Gasteiger partial charge >= 0.3 is 0 Å². The molecule has 3 aliphatic heterocycles. The van der Waals surface area contributed by atoms with Crippen molar-refractivity contribution in [3.05, 3.63) is 24.3 Å². The number of fused-ring (bicyclic) bond motifs is 1. The van der Waals surface area contributed by atoms with E-state index in [9.17, 15) is 8.76 Å². The van der Waals surface area contributed by atoms with Crippen LogP contribution in [-0.4, -0.2) is 54.4 Å². The average molecular weight is 366 g/mol. The molecule has 0 amide bonds. The Hall–Kier alpha value is -0.990. The third-order valence-corrected chi connectivity index (χ3v) is 7.28. The van der Waals surface area contributed by atoms with Crippen LogP contribution in [0, 0.1) is 5.92 Å². The van der Waals surface area contributed by atoms with Crippen molar-refractivity contribution in [3.63, 3.8) is 0 Å². The second-order valence-electron chi connectivity index (χ2n) is 7.48. The minimum atomic E-state index is -3.54. The lowest BCUT2D eigenvalue weighted by Crippen LogP contribution is -2.59. The first-order valence-electron chi connectivity index (χ1n) is 9.12. The van der Waals surface area contributed by atoms with Crippen molar-refractivity contribution in [2.45, 2.75) is 36.1 Å². The third-order valence-electron chi connectivity index (χ3n) is 5.66. The zero-order valence-corrected chi connectivity index (χ0v) is 15.3. The predicted molar refractivity (Wildman–Crippen MR) is 94.1 cm³/mol. The average Bonchev–Trinajstić information content (AvgIpc) is 2.73. The molecular weight excluding hydrogens is 340 g/mol. The summed E-state index contributed by atoms with van der Waals surface area (Å²) in [5, 5.41) is 0. The van der Waals surface area contributed by atoms with Crippen LogP contribution in [-0.2, 0) is 19.3 Å². The Morgan fingerprint density at radius 3 is 2.72 bits per heavy atom. The van der Waals surface area contributed by atoms with E-state index < -0.39 is 15.9 Å².